The molecule has 1 amide bonds. The van der Waals surface area contributed by atoms with Gasteiger partial charge in [0.2, 0.25) is 5.91 Å². The summed E-state index contributed by atoms with van der Waals surface area (Å²) in [5, 5.41) is 3.50. The number of anilines is 1. The smallest absolute Gasteiger partial charge is 0.227 e. The van der Waals surface area contributed by atoms with Gasteiger partial charge >= 0.3 is 0 Å². The molecule has 1 heterocycles. The number of likely N-dealkylation sites (tertiary alicyclic amines) is 1. The first-order chi connectivity index (χ1) is 13.6. The molecule has 0 aliphatic carbocycles. The summed E-state index contributed by atoms with van der Waals surface area (Å²) < 4.78 is 14.0. The Kier molecular flexibility index (Phi) is 7.46. The van der Waals surface area contributed by atoms with Crippen molar-refractivity contribution in [2.75, 3.05) is 18.4 Å². The molecule has 28 heavy (non-hydrogen) atoms. The zero-order chi connectivity index (χ0) is 19.9. The molecule has 0 radical (unpaired) electrons. The minimum absolute atomic E-state index is 0.00731. The van der Waals surface area contributed by atoms with E-state index in [0.717, 1.165) is 38.0 Å². The number of amides is 1. The Labute approximate surface area is 171 Å². The van der Waals surface area contributed by atoms with Crippen LogP contribution in [0.4, 0.5) is 10.1 Å². The Hall–Kier alpha value is -1.91. The van der Waals surface area contributed by atoms with Gasteiger partial charge in [-0.2, -0.15) is 0 Å². The summed E-state index contributed by atoms with van der Waals surface area (Å²) in [6, 6.07) is 12.9. The molecule has 0 aromatic heterocycles. The molecular formula is C23H28ClFN2O. The maximum absolute atomic E-state index is 14.0. The highest BCUT2D eigenvalue weighted by Gasteiger charge is 2.26. The van der Waals surface area contributed by atoms with E-state index in [9.17, 15) is 9.18 Å². The van der Waals surface area contributed by atoms with Gasteiger partial charge in [0.05, 0.1) is 0 Å². The zero-order valence-electron chi connectivity index (χ0n) is 16.4. The van der Waals surface area contributed by atoms with Gasteiger partial charge in [0.15, 0.2) is 0 Å². The Morgan fingerprint density at radius 1 is 1.18 bits per heavy atom. The quantitative estimate of drug-likeness (QED) is 0.646. The van der Waals surface area contributed by atoms with E-state index in [1.165, 1.54) is 24.5 Å². The number of carbonyl (C=O) groups excluding carboxylic acids is 1. The molecule has 1 aliphatic heterocycles. The predicted molar refractivity (Wildman–Crippen MR) is 113 cm³/mol. The molecule has 150 valence electrons. The Balaban J connectivity index is 1.48. The van der Waals surface area contributed by atoms with Gasteiger partial charge in [0.25, 0.3) is 0 Å². The van der Waals surface area contributed by atoms with Crippen molar-refractivity contribution in [1.82, 2.24) is 4.90 Å². The summed E-state index contributed by atoms with van der Waals surface area (Å²) in [6.45, 7) is 4.20. The number of piperidine rings is 1. The van der Waals surface area contributed by atoms with Crippen LogP contribution in [0.2, 0.25) is 5.02 Å². The van der Waals surface area contributed by atoms with Crippen LogP contribution in [0.25, 0.3) is 0 Å². The number of hydrogen-bond donors (Lipinski definition) is 1. The lowest BCUT2D eigenvalue weighted by atomic mass is 9.95. The van der Waals surface area contributed by atoms with Gasteiger partial charge in [0.1, 0.15) is 5.82 Å². The van der Waals surface area contributed by atoms with Crippen molar-refractivity contribution in [3.05, 3.63) is 64.4 Å². The molecule has 2 aromatic carbocycles. The lowest BCUT2D eigenvalue weighted by Gasteiger charge is -2.31. The minimum Gasteiger partial charge on any atom is -0.326 e. The third-order valence-electron chi connectivity index (χ3n) is 5.44. The summed E-state index contributed by atoms with van der Waals surface area (Å²) in [5.74, 6) is -0.202. The highest BCUT2D eigenvalue weighted by molar-refractivity contribution is 6.31. The first-order valence-electron chi connectivity index (χ1n) is 10.1. The van der Waals surface area contributed by atoms with Crippen LogP contribution in [0.15, 0.2) is 42.5 Å². The summed E-state index contributed by atoms with van der Waals surface area (Å²) in [5.41, 5.74) is 2.70. The zero-order valence-corrected chi connectivity index (χ0v) is 17.1. The van der Waals surface area contributed by atoms with Crippen LogP contribution in [0, 0.1) is 11.7 Å². The molecule has 1 saturated heterocycles. The van der Waals surface area contributed by atoms with Crippen LogP contribution >= 0.6 is 11.6 Å². The van der Waals surface area contributed by atoms with Crippen molar-refractivity contribution in [2.24, 2.45) is 5.92 Å². The summed E-state index contributed by atoms with van der Waals surface area (Å²) >= 11 is 6.13. The van der Waals surface area contributed by atoms with Crippen molar-refractivity contribution in [2.45, 2.75) is 45.6 Å². The maximum Gasteiger partial charge on any atom is 0.227 e. The van der Waals surface area contributed by atoms with Crippen LogP contribution in [-0.4, -0.2) is 23.9 Å². The summed E-state index contributed by atoms with van der Waals surface area (Å²) in [6.07, 6.45) is 4.98. The second-order valence-electron chi connectivity index (χ2n) is 7.54. The topological polar surface area (TPSA) is 32.3 Å². The second-order valence-corrected chi connectivity index (χ2v) is 7.95. The number of aryl methyl sites for hydroxylation is 1. The van der Waals surface area contributed by atoms with Gasteiger partial charge in [0, 0.05) is 28.7 Å². The molecule has 1 aliphatic rings. The van der Waals surface area contributed by atoms with Crippen LogP contribution in [0.5, 0.6) is 0 Å². The first kappa shape index (κ1) is 20.8. The van der Waals surface area contributed by atoms with E-state index >= 15 is 0 Å². The molecule has 0 bridgehead atoms. The molecule has 0 spiro atoms. The molecule has 1 fully saturated rings. The molecule has 0 saturated carbocycles. The number of nitrogens with zero attached hydrogens (tertiary/aromatic N) is 1. The number of rotatable bonds is 7. The minimum atomic E-state index is -0.269. The second kappa shape index (κ2) is 10.0. The van der Waals surface area contributed by atoms with E-state index in [2.05, 4.69) is 29.3 Å². The van der Waals surface area contributed by atoms with Crippen molar-refractivity contribution in [1.29, 1.82) is 0 Å². The van der Waals surface area contributed by atoms with Gasteiger partial charge < -0.3 is 5.32 Å². The maximum atomic E-state index is 14.0. The Morgan fingerprint density at radius 2 is 1.89 bits per heavy atom. The van der Waals surface area contributed by atoms with Crippen molar-refractivity contribution in [3.63, 3.8) is 0 Å². The van der Waals surface area contributed by atoms with E-state index in [0.29, 0.717) is 17.1 Å². The van der Waals surface area contributed by atoms with Crippen LogP contribution < -0.4 is 5.32 Å². The first-order valence-corrected chi connectivity index (χ1v) is 10.5. The van der Waals surface area contributed by atoms with E-state index in [4.69, 9.17) is 11.6 Å². The van der Waals surface area contributed by atoms with Crippen molar-refractivity contribution in [3.8, 4) is 0 Å². The number of hydrogen-bond acceptors (Lipinski definition) is 2. The molecule has 3 rings (SSSR count). The molecule has 0 atom stereocenters. The highest BCUT2D eigenvalue weighted by Crippen LogP contribution is 2.25. The third-order valence-corrected chi connectivity index (χ3v) is 5.80. The molecule has 0 unspecified atom stereocenters. The van der Waals surface area contributed by atoms with Gasteiger partial charge in [-0.3, -0.25) is 9.69 Å². The number of unbranched alkanes of at least 4 members (excludes halogenated alkanes) is 1. The average Bonchev–Trinajstić information content (AvgIpc) is 2.71. The van der Waals surface area contributed by atoms with Gasteiger partial charge in [-0.05, 0) is 68.6 Å². The fourth-order valence-corrected chi connectivity index (χ4v) is 3.86. The Morgan fingerprint density at radius 3 is 2.54 bits per heavy atom. The largest absolute Gasteiger partial charge is 0.326 e. The van der Waals surface area contributed by atoms with E-state index < -0.39 is 0 Å². The monoisotopic (exact) mass is 402 g/mol. The van der Waals surface area contributed by atoms with E-state index in [1.807, 2.05) is 12.1 Å². The lowest BCUT2D eigenvalue weighted by molar-refractivity contribution is -0.121. The van der Waals surface area contributed by atoms with Crippen LogP contribution in [0.1, 0.15) is 43.7 Å². The molecular weight excluding hydrogens is 375 g/mol. The summed E-state index contributed by atoms with van der Waals surface area (Å²) in [4.78, 5) is 14.8. The van der Waals surface area contributed by atoms with E-state index in [1.54, 1.807) is 12.1 Å². The number of benzene rings is 2. The lowest BCUT2D eigenvalue weighted by Crippen LogP contribution is -2.38. The third kappa shape index (κ3) is 5.55. The Bertz CT molecular complexity index is 765. The van der Waals surface area contributed by atoms with Crippen molar-refractivity contribution >= 4 is 23.2 Å². The highest BCUT2D eigenvalue weighted by atomic mass is 35.5. The summed E-state index contributed by atoms with van der Waals surface area (Å²) in [7, 11) is 0. The SMILES string of the molecule is CCCCc1ccc(NC(=O)C2CCN(Cc3c(F)cccc3Cl)CC2)cc1. The predicted octanol–water partition coefficient (Wildman–Crippen LogP) is 5.67. The molecule has 3 nitrogen and oxygen atoms in total. The number of carbonyl (C=O) groups is 1. The average molecular weight is 403 g/mol. The molecule has 2 aromatic rings. The van der Waals surface area contributed by atoms with Gasteiger partial charge in [-0.15, -0.1) is 0 Å². The van der Waals surface area contributed by atoms with Crippen LogP contribution in [-0.2, 0) is 17.8 Å². The standard InChI is InChI=1S/C23H28ClFN2O/c1-2-3-5-17-8-10-19(11-9-17)26-23(28)18-12-14-27(15-13-18)16-20-21(24)6-4-7-22(20)25/h4,6-11,18H,2-3,5,12-16H2,1H3,(H,26,28). The normalized spacial score (nSPS) is 15.5. The number of halogens is 2. The van der Waals surface area contributed by atoms with Crippen molar-refractivity contribution < 1.29 is 9.18 Å². The fourth-order valence-electron chi connectivity index (χ4n) is 3.64. The van der Waals surface area contributed by atoms with Crippen LogP contribution in [0.3, 0.4) is 0 Å². The van der Waals surface area contributed by atoms with Gasteiger partial charge in [-0.25, -0.2) is 4.39 Å². The van der Waals surface area contributed by atoms with Gasteiger partial charge in [-0.1, -0.05) is 43.1 Å². The molecule has 5 heteroatoms. The number of nitrogens with one attached hydrogen (secondary N) is 1. The molecule has 1 N–H and O–H groups in total. The fraction of sp³-hybridized carbons (Fsp3) is 0.435. The van der Waals surface area contributed by atoms with E-state index in [-0.39, 0.29) is 17.6 Å².